The molecule has 0 spiro atoms. The summed E-state index contributed by atoms with van der Waals surface area (Å²) in [6.07, 6.45) is 3.11. The number of nitrogens with zero attached hydrogens (tertiary/aromatic N) is 1. The number of hydrogen-bond acceptors (Lipinski definition) is 3. The molecule has 1 aromatic carbocycles. The monoisotopic (exact) mass is 242 g/mol. The Labute approximate surface area is 108 Å². The van der Waals surface area contributed by atoms with Gasteiger partial charge in [-0.2, -0.15) is 0 Å². The summed E-state index contributed by atoms with van der Waals surface area (Å²) in [4.78, 5) is 4.05. The molecule has 1 heterocycles. The largest absolute Gasteiger partial charge is 0.387 e. The summed E-state index contributed by atoms with van der Waals surface area (Å²) in [5.74, 6) is 0. The number of aliphatic hydroxyl groups is 1. The standard InChI is InChI=1S/C15H18N2O/c1-12-4-2-6-14(8-12)15(18)11-17-10-13-5-3-7-16-9-13/h2-9,15,17-18H,10-11H2,1H3. The Bertz CT molecular complexity index is 485. The van der Waals surface area contributed by atoms with E-state index in [0.29, 0.717) is 6.54 Å². The number of aryl methyl sites for hydroxylation is 1. The Morgan fingerprint density at radius 2 is 2.17 bits per heavy atom. The van der Waals surface area contributed by atoms with Crippen molar-refractivity contribution < 1.29 is 5.11 Å². The fourth-order valence-corrected chi connectivity index (χ4v) is 1.85. The van der Waals surface area contributed by atoms with Gasteiger partial charge in [-0.1, -0.05) is 35.9 Å². The van der Waals surface area contributed by atoms with Gasteiger partial charge in [0.05, 0.1) is 6.10 Å². The lowest BCUT2D eigenvalue weighted by Gasteiger charge is -2.12. The smallest absolute Gasteiger partial charge is 0.0914 e. The predicted octanol–water partition coefficient (Wildman–Crippen LogP) is 2.21. The molecular formula is C15H18N2O. The first kappa shape index (κ1) is 12.7. The molecule has 2 aromatic rings. The van der Waals surface area contributed by atoms with Crippen LogP contribution in [0.4, 0.5) is 0 Å². The van der Waals surface area contributed by atoms with Gasteiger partial charge in [-0.25, -0.2) is 0 Å². The average Bonchev–Trinajstić information content (AvgIpc) is 2.40. The van der Waals surface area contributed by atoms with Crippen molar-refractivity contribution in [3.8, 4) is 0 Å². The topological polar surface area (TPSA) is 45.1 Å². The third-order valence-corrected chi connectivity index (χ3v) is 2.82. The average molecular weight is 242 g/mol. The third kappa shape index (κ3) is 3.65. The number of aliphatic hydroxyl groups excluding tert-OH is 1. The summed E-state index contributed by atoms with van der Waals surface area (Å²) < 4.78 is 0. The number of nitrogens with one attached hydrogen (secondary N) is 1. The second-order valence-corrected chi connectivity index (χ2v) is 4.42. The number of aromatic nitrogens is 1. The molecular weight excluding hydrogens is 224 g/mol. The Balaban J connectivity index is 1.83. The van der Waals surface area contributed by atoms with Crippen LogP contribution in [0.5, 0.6) is 0 Å². The van der Waals surface area contributed by atoms with Crippen LogP contribution in [0.15, 0.2) is 48.8 Å². The molecule has 0 aliphatic heterocycles. The highest BCUT2D eigenvalue weighted by Crippen LogP contribution is 2.13. The van der Waals surface area contributed by atoms with Crippen molar-refractivity contribution >= 4 is 0 Å². The zero-order chi connectivity index (χ0) is 12.8. The molecule has 2 rings (SSSR count). The van der Waals surface area contributed by atoms with Crippen molar-refractivity contribution in [2.24, 2.45) is 0 Å². The summed E-state index contributed by atoms with van der Waals surface area (Å²) >= 11 is 0. The van der Waals surface area contributed by atoms with Crippen LogP contribution in [-0.2, 0) is 6.54 Å². The highest BCUT2D eigenvalue weighted by molar-refractivity contribution is 5.24. The Morgan fingerprint density at radius 3 is 2.89 bits per heavy atom. The SMILES string of the molecule is Cc1cccc(C(O)CNCc2cccnc2)c1. The van der Waals surface area contributed by atoms with Gasteiger partial charge in [0.15, 0.2) is 0 Å². The van der Waals surface area contributed by atoms with E-state index in [4.69, 9.17) is 0 Å². The van der Waals surface area contributed by atoms with Gasteiger partial charge in [0.1, 0.15) is 0 Å². The molecule has 1 atom stereocenters. The molecule has 18 heavy (non-hydrogen) atoms. The Kier molecular flexibility index (Phi) is 4.45. The van der Waals surface area contributed by atoms with Crippen LogP contribution in [0.1, 0.15) is 22.8 Å². The molecule has 0 bridgehead atoms. The predicted molar refractivity (Wildman–Crippen MR) is 72.1 cm³/mol. The lowest BCUT2D eigenvalue weighted by molar-refractivity contribution is 0.174. The fraction of sp³-hybridized carbons (Fsp3) is 0.267. The van der Waals surface area contributed by atoms with Crippen molar-refractivity contribution in [1.29, 1.82) is 0 Å². The molecule has 0 fully saturated rings. The minimum Gasteiger partial charge on any atom is -0.387 e. The first-order valence-corrected chi connectivity index (χ1v) is 6.10. The maximum absolute atomic E-state index is 10.0. The van der Waals surface area contributed by atoms with E-state index in [9.17, 15) is 5.11 Å². The highest BCUT2D eigenvalue weighted by Gasteiger charge is 2.06. The normalized spacial score (nSPS) is 12.3. The van der Waals surface area contributed by atoms with Crippen LogP contribution in [0.3, 0.4) is 0 Å². The minimum absolute atomic E-state index is 0.471. The highest BCUT2D eigenvalue weighted by atomic mass is 16.3. The van der Waals surface area contributed by atoms with Crippen LogP contribution < -0.4 is 5.32 Å². The van der Waals surface area contributed by atoms with Crippen LogP contribution in [-0.4, -0.2) is 16.6 Å². The molecule has 3 nitrogen and oxygen atoms in total. The third-order valence-electron chi connectivity index (χ3n) is 2.82. The van der Waals surface area contributed by atoms with Crippen LogP contribution in [0.25, 0.3) is 0 Å². The van der Waals surface area contributed by atoms with E-state index in [1.165, 1.54) is 5.56 Å². The fourth-order valence-electron chi connectivity index (χ4n) is 1.85. The molecule has 0 saturated carbocycles. The second-order valence-electron chi connectivity index (χ2n) is 4.42. The Hall–Kier alpha value is -1.71. The van der Waals surface area contributed by atoms with Crippen molar-refractivity contribution in [2.45, 2.75) is 19.6 Å². The maximum Gasteiger partial charge on any atom is 0.0914 e. The van der Waals surface area contributed by atoms with E-state index < -0.39 is 6.10 Å². The van der Waals surface area contributed by atoms with E-state index in [0.717, 1.165) is 17.7 Å². The molecule has 3 heteroatoms. The van der Waals surface area contributed by atoms with E-state index in [2.05, 4.69) is 10.3 Å². The summed E-state index contributed by atoms with van der Waals surface area (Å²) in [6, 6.07) is 11.9. The Morgan fingerprint density at radius 1 is 1.28 bits per heavy atom. The number of hydrogen-bond donors (Lipinski definition) is 2. The lowest BCUT2D eigenvalue weighted by atomic mass is 10.1. The maximum atomic E-state index is 10.0. The molecule has 0 saturated heterocycles. The van der Waals surface area contributed by atoms with Crippen molar-refractivity contribution in [1.82, 2.24) is 10.3 Å². The molecule has 0 amide bonds. The van der Waals surface area contributed by atoms with Crippen molar-refractivity contribution in [2.75, 3.05) is 6.54 Å². The molecule has 1 aromatic heterocycles. The number of benzene rings is 1. The summed E-state index contributed by atoms with van der Waals surface area (Å²) in [5, 5.41) is 13.3. The zero-order valence-electron chi connectivity index (χ0n) is 10.5. The van der Waals surface area contributed by atoms with Gasteiger partial charge < -0.3 is 10.4 Å². The van der Waals surface area contributed by atoms with E-state index in [-0.39, 0.29) is 0 Å². The summed E-state index contributed by atoms with van der Waals surface area (Å²) in [5.41, 5.74) is 3.24. The molecule has 2 N–H and O–H groups in total. The van der Waals surface area contributed by atoms with Gasteiger partial charge in [0.2, 0.25) is 0 Å². The lowest BCUT2D eigenvalue weighted by Crippen LogP contribution is -2.21. The van der Waals surface area contributed by atoms with Crippen molar-refractivity contribution in [3.05, 3.63) is 65.5 Å². The molecule has 0 radical (unpaired) electrons. The van der Waals surface area contributed by atoms with Gasteiger partial charge in [0.25, 0.3) is 0 Å². The first-order chi connectivity index (χ1) is 8.75. The van der Waals surface area contributed by atoms with Gasteiger partial charge >= 0.3 is 0 Å². The molecule has 94 valence electrons. The van der Waals surface area contributed by atoms with E-state index >= 15 is 0 Å². The van der Waals surface area contributed by atoms with Gasteiger partial charge in [0, 0.05) is 25.5 Å². The summed E-state index contributed by atoms with van der Waals surface area (Å²) in [6.45, 7) is 3.29. The van der Waals surface area contributed by atoms with Crippen LogP contribution in [0, 0.1) is 6.92 Å². The summed E-state index contributed by atoms with van der Waals surface area (Å²) in [7, 11) is 0. The van der Waals surface area contributed by atoms with E-state index in [1.807, 2.05) is 49.5 Å². The van der Waals surface area contributed by atoms with Crippen LogP contribution >= 0.6 is 0 Å². The van der Waals surface area contributed by atoms with Gasteiger partial charge in [-0.15, -0.1) is 0 Å². The van der Waals surface area contributed by atoms with E-state index in [1.54, 1.807) is 6.20 Å². The second kappa shape index (κ2) is 6.28. The van der Waals surface area contributed by atoms with Gasteiger partial charge in [-0.3, -0.25) is 4.98 Å². The van der Waals surface area contributed by atoms with Crippen molar-refractivity contribution in [3.63, 3.8) is 0 Å². The molecule has 1 unspecified atom stereocenters. The first-order valence-electron chi connectivity index (χ1n) is 6.10. The van der Waals surface area contributed by atoms with Crippen LogP contribution in [0.2, 0.25) is 0 Å². The quantitative estimate of drug-likeness (QED) is 0.845. The molecule has 0 aliphatic carbocycles. The number of rotatable bonds is 5. The molecule has 0 aliphatic rings. The number of pyridine rings is 1. The minimum atomic E-state index is -0.471. The zero-order valence-corrected chi connectivity index (χ0v) is 10.5. The van der Waals surface area contributed by atoms with Gasteiger partial charge in [-0.05, 0) is 24.1 Å².